The zero-order chi connectivity index (χ0) is 26.6. The number of hydrogen-bond donors (Lipinski definition) is 0. The first-order valence-electron chi connectivity index (χ1n) is 11.8. The number of thioether (sulfide) groups is 1. The summed E-state index contributed by atoms with van der Waals surface area (Å²) in [6.07, 6.45) is 3.46. The van der Waals surface area contributed by atoms with Gasteiger partial charge >= 0.3 is 0 Å². The second-order valence-corrected chi connectivity index (χ2v) is 9.33. The van der Waals surface area contributed by atoms with Gasteiger partial charge in [-0.1, -0.05) is 30.0 Å². The Morgan fingerprint density at radius 1 is 0.974 bits per heavy atom. The molecule has 38 heavy (non-hydrogen) atoms. The van der Waals surface area contributed by atoms with Gasteiger partial charge < -0.3 is 18.6 Å². The molecule has 0 saturated heterocycles. The molecule has 5 rings (SSSR count). The first kappa shape index (κ1) is 25.3. The molecule has 0 fully saturated rings. The van der Waals surface area contributed by atoms with Crippen LogP contribution >= 0.6 is 11.8 Å². The first-order chi connectivity index (χ1) is 18.5. The third-order valence-corrected chi connectivity index (χ3v) is 7.02. The summed E-state index contributed by atoms with van der Waals surface area (Å²) in [4.78, 5) is 27.1. The number of ether oxygens (including phenoxy) is 3. The zero-order valence-electron chi connectivity index (χ0n) is 21.4. The van der Waals surface area contributed by atoms with Crippen molar-refractivity contribution in [2.24, 2.45) is 0 Å². The van der Waals surface area contributed by atoms with Gasteiger partial charge in [0.15, 0.2) is 16.7 Å². The summed E-state index contributed by atoms with van der Waals surface area (Å²) in [5.41, 5.74) is 2.90. The maximum atomic E-state index is 13.4. The van der Waals surface area contributed by atoms with Gasteiger partial charge in [0, 0.05) is 23.7 Å². The van der Waals surface area contributed by atoms with Gasteiger partial charge in [-0.05, 0) is 42.8 Å². The number of pyridine rings is 1. The van der Waals surface area contributed by atoms with Gasteiger partial charge in [0.1, 0.15) is 5.76 Å². The maximum absolute atomic E-state index is 13.4. The van der Waals surface area contributed by atoms with Gasteiger partial charge in [0.25, 0.3) is 5.56 Å². The molecule has 0 aliphatic heterocycles. The number of methoxy groups -OCH3 is 3. The highest BCUT2D eigenvalue weighted by Gasteiger charge is 2.19. The molecule has 3 aromatic heterocycles. The van der Waals surface area contributed by atoms with Crippen LogP contribution in [0.5, 0.6) is 17.2 Å². The third kappa shape index (κ3) is 4.95. The number of oxazole rings is 1. The number of aromatic nitrogens is 4. The Hall–Kier alpha value is -4.31. The Kier molecular flexibility index (Phi) is 7.32. The minimum Gasteiger partial charge on any atom is -0.493 e. The van der Waals surface area contributed by atoms with Crippen LogP contribution in [0.25, 0.3) is 22.4 Å². The monoisotopic (exact) mass is 530 g/mol. The van der Waals surface area contributed by atoms with Crippen molar-refractivity contribution in [3.8, 4) is 28.7 Å². The van der Waals surface area contributed by atoms with E-state index in [9.17, 15) is 4.79 Å². The van der Waals surface area contributed by atoms with Crippen molar-refractivity contribution >= 4 is 22.7 Å². The van der Waals surface area contributed by atoms with Crippen molar-refractivity contribution in [1.82, 2.24) is 19.5 Å². The highest BCUT2D eigenvalue weighted by Crippen LogP contribution is 2.41. The molecule has 0 radical (unpaired) electrons. The fourth-order valence-corrected chi connectivity index (χ4v) is 5.09. The molecule has 0 spiro atoms. The van der Waals surface area contributed by atoms with E-state index in [0.29, 0.717) is 62.8 Å². The Morgan fingerprint density at radius 2 is 1.74 bits per heavy atom. The lowest BCUT2D eigenvalue weighted by Crippen LogP contribution is -2.24. The van der Waals surface area contributed by atoms with E-state index in [1.54, 1.807) is 56.5 Å². The fourth-order valence-electron chi connectivity index (χ4n) is 4.09. The number of hydrogen-bond acceptors (Lipinski definition) is 9. The molecule has 0 aliphatic rings. The second-order valence-electron chi connectivity index (χ2n) is 8.39. The van der Waals surface area contributed by atoms with Crippen LogP contribution in [0.15, 0.2) is 75.3 Å². The molecule has 0 aliphatic carbocycles. The van der Waals surface area contributed by atoms with Gasteiger partial charge in [-0.3, -0.25) is 14.3 Å². The minimum atomic E-state index is -0.100. The van der Waals surface area contributed by atoms with E-state index in [-0.39, 0.29) is 5.56 Å². The van der Waals surface area contributed by atoms with E-state index < -0.39 is 0 Å². The molecule has 0 bridgehead atoms. The molecule has 9 nitrogen and oxygen atoms in total. The van der Waals surface area contributed by atoms with Gasteiger partial charge in [0.05, 0.1) is 44.5 Å². The molecule has 0 amide bonds. The standard InChI is InChI=1S/C28H26N4O5S/c1-17-22(30-26(37-17)19-12-23(34-2)25(36-4)24(13-19)35-3)16-38-28-31-21-10-6-5-9-20(21)27(33)32(28)15-18-8-7-11-29-14-18/h5-14H,15-16H2,1-4H3. The molecule has 0 saturated carbocycles. The van der Waals surface area contributed by atoms with Crippen molar-refractivity contribution in [2.45, 2.75) is 24.4 Å². The largest absolute Gasteiger partial charge is 0.493 e. The van der Waals surface area contributed by atoms with E-state index in [2.05, 4.69) is 4.98 Å². The average molecular weight is 531 g/mol. The molecule has 10 heteroatoms. The molecule has 3 heterocycles. The van der Waals surface area contributed by atoms with E-state index in [4.69, 9.17) is 28.6 Å². The molecule has 0 N–H and O–H groups in total. The lowest BCUT2D eigenvalue weighted by Gasteiger charge is -2.13. The smallest absolute Gasteiger partial charge is 0.262 e. The van der Waals surface area contributed by atoms with Crippen molar-refractivity contribution < 1.29 is 18.6 Å². The summed E-state index contributed by atoms with van der Waals surface area (Å²) in [6.45, 7) is 2.22. The van der Waals surface area contributed by atoms with Crippen LogP contribution in [0.3, 0.4) is 0 Å². The third-order valence-electron chi connectivity index (χ3n) is 6.03. The van der Waals surface area contributed by atoms with Gasteiger partial charge in [-0.25, -0.2) is 9.97 Å². The van der Waals surface area contributed by atoms with Crippen LogP contribution in [0.4, 0.5) is 0 Å². The lowest BCUT2D eigenvalue weighted by atomic mass is 10.2. The zero-order valence-corrected chi connectivity index (χ0v) is 22.2. The van der Waals surface area contributed by atoms with E-state index >= 15 is 0 Å². The number of aryl methyl sites for hydroxylation is 1. The Morgan fingerprint density at radius 3 is 2.42 bits per heavy atom. The van der Waals surface area contributed by atoms with Gasteiger partial charge in [-0.2, -0.15) is 0 Å². The second kappa shape index (κ2) is 11.0. The molecule has 0 atom stereocenters. The summed E-state index contributed by atoms with van der Waals surface area (Å²) in [7, 11) is 4.68. The summed E-state index contributed by atoms with van der Waals surface area (Å²) in [5.74, 6) is 3.06. The predicted molar refractivity (Wildman–Crippen MR) is 145 cm³/mol. The summed E-state index contributed by atoms with van der Waals surface area (Å²) >= 11 is 1.43. The van der Waals surface area contributed by atoms with Crippen molar-refractivity contribution in [3.05, 3.63) is 88.3 Å². The molecule has 5 aromatic rings. The highest BCUT2D eigenvalue weighted by molar-refractivity contribution is 7.98. The van der Waals surface area contributed by atoms with Crippen molar-refractivity contribution in [3.63, 3.8) is 0 Å². The van der Waals surface area contributed by atoms with Crippen molar-refractivity contribution in [1.29, 1.82) is 0 Å². The molecule has 2 aromatic carbocycles. The van der Waals surface area contributed by atoms with Crippen molar-refractivity contribution in [2.75, 3.05) is 21.3 Å². The molecular weight excluding hydrogens is 504 g/mol. The SMILES string of the molecule is COc1cc(-c2nc(CSc3nc4ccccc4c(=O)n3Cc3cccnc3)c(C)o2)cc(OC)c1OC. The van der Waals surface area contributed by atoms with Crippen LogP contribution in [-0.2, 0) is 12.3 Å². The van der Waals surface area contributed by atoms with Gasteiger partial charge in [0.2, 0.25) is 11.6 Å². The number of rotatable bonds is 9. The van der Waals surface area contributed by atoms with Crippen LogP contribution in [0, 0.1) is 6.92 Å². The maximum Gasteiger partial charge on any atom is 0.262 e. The van der Waals surface area contributed by atoms with Crippen LogP contribution in [-0.4, -0.2) is 40.8 Å². The normalized spacial score (nSPS) is 11.1. The van der Waals surface area contributed by atoms with Gasteiger partial charge in [-0.15, -0.1) is 0 Å². The Labute approximate surface area is 223 Å². The summed E-state index contributed by atoms with van der Waals surface area (Å²) < 4.78 is 24.0. The van der Waals surface area contributed by atoms with Crippen LogP contribution in [0.1, 0.15) is 17.0 Å². The lowest BCUT2D eigenvalue weighted by molar-refractivity contribution is 0.324. The number of nitrogens with zero attached hydrogens (tertiary/aromatic N) is 4. The number of fused-ring (bicyclic) bond motifs is 1. The van der Waals surface area contributed by atoms with Crippen LogP contribution in [0.2, 0.25) is 0 Å². The molecule has 194 valence electrons. The average Bonchev–Trinajstić information content (AvgIpc) is 3.33. The van der Waals surface area contributed by atoms with E-state index in [1.807, 2.05) is 37.3 Å². The first-order valence-corrected chi connectivity index (χ1v) is 12.8. The fraction of sp³-hybridized carbons (Fsp3) is 0.214. The highest BCUT2D eigenvalue weighted by atomic mass is 32.2. The Bertz CT molecular complexity index is 1620. The quantitative estimate of drug-likeness (QED) is 0.190. The molecule has 0 unspecified atom stereocenters. The van der Waals surface area contributed by atoms with E-state index in [1.165, 1.54) is 11.8 Å². The number of para-hydroxylation sites is 1. The van der Waals surface area contributed by atoms with Crippen LogP contribution < -0.4 is 19.8 Å². The topological polar surface area (TPSA) is 102 Å². The number of benzene rings is 2. The predicted octanol–water partition coefficient (Wildman–Crippen LogP) is 5.12. The summed E-state index contributed by atoms with van der Waals surface area (Å²) in [5, 5.41) is 1.16. The molecular formula is C28H26N4O5S. The Balaban J connectivity index is 1.48. The minimum absolute atomic E-state index is 0.100. The summed E-state index contributed by atoms with van der Waals surface area (Å²) in [6, 6.07) is 14.7. The van der Waals surface area contributed by atoms with E-state index in [0.717, 1.165) is 11.3 Å².